The van der Waals surface area contributed by atoms with E-state index >= 15 is 0 Å². The van der Waals surface area contributed by atoms with Crippen LogP contribution in [0.2, 0.25) is 0 Å². The van der Waals surface area contributed by atoms with Gasteiger partial charge in [-0.2, -0.15) is 0 Å². The van der Waals surface area contributed by atoms with Crippen molar-refractivity contribution in [2.75, 3.05) is 33.5 Å². The van der Waals surface area contributed by atoms with E-state index < -0.39 is 19.2 Å². The smallest absolute Gasteiger partial charge is 0.332 e. The number of hydrogen-bond acceptors (Lipinski definition) is 3. The molecular formula is C15H29NO5P+. The molecule has 0 saturated carbocycles. The first-order valence-corrected chi connectivity index (χ1v) is 9.61. The SMILES string of the molecule is CCCC/C(C(=O)O)=C(\CCP(=O)(CC)[N+](C)(C)C)C(=O)O. The summed E-state index contributed by atoms with van der Waals surface area (Å²) in [5.41, 5.74) is -0.165. The Bertz CT molecular complexity index is 491. The molecule has 0 spiro atoms. The number of quaternary nitrogens is 1. The largest absolute Gasteiger partial charge is 0.478 e. The van der Waals surface area contributed by atoms with Crippen molar-refractivity contribution >= 4 is 19.2 Å². The summed E-state index contributed by atoms with van der Waals surface area (Å²) in [5, 5.41) is 18.6. The van der Waals surface area contributed by atoms with Crippen LogP contribution in [0.4, 0.5) is 0 Å². The molecule has 2 N–H and O–H groups in total. The van der Waals surface area contributed by atoms with Gasteiger partial charge in [0.15, 0.2) is 0 Å². The van der Waals surface area contributed by atoms with E-state index in [-0.39, 0.29) is 34.4 Å². The number of aliphatic carboxylic acids is 2. The van der Waals surface area contributed by atoms with E-state index in [1.807, 2.05) is 35.0 Å². The molecule has 128 valence electrons. The standard InChI is InChI=1S/C15H28NO5P/c1-6-8-9-12(14(17)18)13(15(19)20)10-11-22(21,7-2)16(3,4)5/h6-11H2,1-5H3,(H-,17,18,19,20)/p+1/b13-12-. The highest BCUT2D eigenvalue weighted by molar-refractivity contribution is 7.58. The molecule has 0 aliphatic carbocycles. The molecule has 0 aliphatic rings. The van der Waals surface area contributed by atoms with E-state index in [4.69, 9.17) is 0 Å². The van der Waals surface area contributed by atoms with Crippen LogP contribution in [0.3, 0.4) is 0 Å². The molecule has 0 saturated heterocycles. The fourth-order valence-electron chi connectivity index (χ4n) is 2.30. The highest BCUT2D eigenvalue weighted by Gasteiger charge is 2.36. The van der Waals surface area contributed by atoms with Gasteiger partial charge in [-0.3, -0.25) is 8.82 Å². The van der Waals surface area contributed by atoms with Crippen LogP contribution in [0.1, 0.15) is 39.5 Å². The molecule has 6 nitrogen and oxygen atoms in total. The van der Waals surface area contributed by atoms with Gasteiger partial charge in [0.2, 0.25) is 7.29 Å². The molecule has 0 aromatic rings. The zero-order valence-corrected chi connectivity index (χ0v) is 15.2. The fourth-order valence-corrected chi connectivity index (χ4v) is 4.63. The predicted molar refractivity (Wildman–Crippen MR) is 87.5 cm³/mol. The number of nitrogens with zero attached hydrogens (tertiary/aromatic N) is 1. The molecule has 7 heteroatoms. The van der Waals surface area contributed by atoms with Gasteiger partial charge in [-0.15, -0.1) is 0 Å². The average Bonchev–Trinajstić information content (AvgIpc) is 2.39. The molecule has 0 rings (SSSR count). The van der Waals surface area contributed by atoms with Crippen LogP contribution >= 0.6 is 7.29 Å². The van der Waals surface area contributed by atoms with Crippen LogP contribution in [0.5, 0.6) is 0 Å². The maximum Gasteiger partial charge on any atom is 0.332 e. The van der Waals surface area contributed by atoms with Crippen molar-refractivity contribution in [3.63, 3.8) is 0 Å². The average molecular weight is 334 g/mol. The lowest BCUT2D eigenvalue weighted by atomic mass is 10.0. The normalized spacial score (nSPS) is 15.9. The van der Waals surface area contributed by atoms with Gasteiger partial charge in [0, 0.05) is 17.3 Å². The zero-order valence-electron chi connectivity index (χ0n) is 14.3. The lowest BCUT2D eigenvalue weighted by Crippen LogP contribution is -2.33. The van der Waals surface area contributed by atoms with Crippen LogP contribution < -0.4 is 0 Å². The third-order valence-corrected chi connectivity index (χ3v) is 8.06. The molecule has 0 aliphatic heterocycles. The highest BCUT2D eigenvalue weighted by Crippen LogP contribution is 2.53. The second-order valence-corrected chi connectivity index (χ2v) is 10.2. The van der Waals surface area contributed by atoms with E-state index in [0.717, 1.165) is 6.42 Å². The van der Waals surface area contributed by atoms with Crippen LogP contribution in [0, 0.1) is 0 Å². The fraction of sp³-hybridized carbons (Fsp3) is 0.733. The van der Waals surface area contributed by atoms with Gasteiger partial charge in [0.05, 0.1) is 27.3 Å². The van der Waals surface area contributed by atoms with Gasteiger partial charge < -0.3 is 10.2 Å². The Morgan fingerprint density at radius 3 is 1.73 bits per heavy atom. The Morgan fingerprint density at radius 2 is 1.41 bits per heavy atom. The monoisotopic (exact) mass is 334 g/mol. The quantitative estimate of drug-likeness (QED) is 0.473. The van der Waals surface area contributed by atoms with E-state index in [1.165, 1.54) is 0 Å². The van der Waals surface area contributed by atoms with Crippen molar-refractivity contribution in [1.82, 2.24) is 0 Å². The highest BCUT2D eigenvalue weighted by atomic mass is 31.2. The van der Waals surface area contributed by atoms with Crippen LogP contribution in [0.15, 0.2) is 11.1 Å². The lowest BCUT2D eigenvalue weighted by molar-refractivity contribution is -0.746. The number of carboxylic acid groups (broad SMARTS) is 2. The second-order valence-electron chi connectivity index (χ2n) is 6.25. The second kappa shape index (κ2) is 8.49. The molecular weight excluding hydrogens is 305 g/mol. The Kier molecular flexibility index (Phi) is 8.05. The van der Waals surface area contributed by atoms with Crippen molar-refractivity contribution in [2.24, 2.45) is 0 Å². The molecule has 0 heterocycles. The number of carbonyl (C=O) groups is 2. The van der Waals surface area contributed by atoms with Crippen LogP contribution in [-0.2, 0) is 14.2 Å². The van der Waals surface area contributed by atoms with Crippen LogP contribution in [0.25, 0.3) is 0 Å². The van der Waals surface area contributed by atoms with Crippen molar-refractivity contribution in [1.29, 1.82) is 0 Å². The Balaban J connectivity index is 5.49. The Labute approximate surface area is 132 Å². The van der Waals surface area contributed by atoms with E-state index in [1.54, 1.807) is 0 Å². The van der Waals surface area contributed by atoms with Crippen molar-refractivity contribution in [2.45, 2.75) is 39.5 Å². The van der Waals surface area contributed by atoms with Crippen molar-refractivity contribution < 1.29 is 28.6 Å². The lowest BCUT2D eigenvalue weighted by Gasteiger charge is -2.33. The summed E-state index contributed by atoms with van der Waals surface area (Å²) in [6, 6.07) is 0. The first-order valence-electron chi connectivity index (χ1n) is 7.58. The summed E-state index contributed by atoms with van der Waals surface area (Å²) in [7, 11) is 2.84. The topological polar surface area (TPSA) is 91.7 Å². The maximum absolute atomic E-state index is 12.9. The molecule has 0 aromatic carbocycles. The number of carboxylic acids is 2. The molecule has 22 heavy (non-hydrogen) atoms. The first-order chi connectivity index (χ1) is 10.00. The van der Waals surface area contributed by atoms with Gasteiger partial charge in [-0.25, -0.2) is 9.59 Å². The molecule has 0 fully saturated rings. The van der Waals surface area contributed by atoms with Crippen molar-refractivity contribution in [3.8, 4) is 0 Å². The summed E-state index contributed by atoms with van der Waals surface area (Å²) < 4.78 is 13.2. The van der Waals surface area contributed by atoms with E-state index in [0.29, 0.717) is 12.6 Å². The Morgan fingerprint density at radius 1 is 0.955 bits per heavy atom. The van der Waals surface area contributed by atoms with Crippen molar-refractivity contribution in [3.05, 3.63) is 11.1 Å². The zero-order chi connectivity index (χ0) is 17.6. The first kappa shape index (κ1) is 20.9. The van der Waals surface area contributed by atoms with Gasteiger partial charge in [-0.1, -0.05) is 20.3 Å². The van der Waals surface area contributed by atoms with E-state index in [9.17, 15) is 24.4 Å². The molecule has 0 radical (unpaired) electrons. The third-order valence-electron chi connectivity index (χ3n) is 3.96. The minimum atomic E-state index is -2.63. The molecule has 0 aromatic heterocycles. The summed E-state index contributed by atoms with van der Waals surface area (Å²) in [4.78, 5) is 22.8. The summed E-state index contributed by atoms with van der Waals surface area (Å²) in [6.45, 7) is 3.74. The summed E-state index contributed by atoms with van der Waals surface area (Å²) in [6.07, 6.45) is 2.34. The van der Waals surface area contributed by atoms with Crippen LogP contribution in [-0.4, -0.2) is 59.9 Å². The van der Waals surface area contributed by atoms with Gasteiger partial charge in [-0.05, 0) is 19.3 Å². The molecule has 0 amide bonds. The molecule has 1 atom stereocenters. The summed E-state index contributed by atoms with van der Waals surface area (Å²) >= 11 is 0. The molecule has 0 bridgehead atoms. The third kappa shape index (κ3) is 5.58. The van der Waals surface area contributed by atoms with Gasteiger partial charge in [0.1, 0.15) is 0 Å². The van der Waals surface area contributed by atoms with Gasteiger partial charge in [0.25, 0.3) is 0 Å². The minimum Gasteiger partial charge on any atom is -0.478 e. The van der Waals surface area contributed by atoms with E-state index in [2.05, 4.69) is 0 Å². The number of unbranched alkanes of at least 4 members (excludes halogenated alkanes) is 1. The maximum atomic E-state index is 12.9. The number of rotatable bonds is 10. The predicted octanol–water partition coefficient (Wildman–Crippen LogP) is 3.04. The summed E-state index contributed by atoms with van der Waals surface area (Å²) in [5.74, 6) is -2.42. The number of hydrogen-bond donors (Lipinski definition) is 2. The minimum absolute atomic E-state index is 0.0291. The molecule has 1 unspecified atom stereocenters. The Hall–Kier alpha value is -1.13. The van der Waals surface area contributed by atoms with Gasteiger partial charge >= 0.3 is 11.9 Å².